The van der Waals surface area contributed by atoms with Gasteiger partial charge in [0.1, 0.15) is 6.54 Å². The summed E-state index contributed by atoms with van der Waals surface area (Å²) in [5, 5.41) is 13.7. The minimum Gasteiger partial charge on any atom is -0.356 e. The number of carbonyl (C=O) groups excluding carboxylic acids is 1. The zero-order valence-corrected chi connectivity index (χ0v) is 21.0. The second-order valence-corrected chi connectivity index (χ2v) is 7.57. The average Bonchev–Trinajstić information content (AvgIpc) is 3.26. The van der Waals surface area contributed by atoms with E-state index >= 15 is 0 Å². The predicted molar refractivity (Wildman–Crippen MR) is 141 cm³/mol. The fourth-order valence-electron chi connectivity index (χ4n) is 3.25. The highest BCUT2D eigenvalue weighted by Gasteiger charge is 2.08. The van der Waals surface area contributed by atoms with Crippen molar-refractivity contribution in [1.82, 2.24) is 20.4 Å². The molecule has 32 heavy (non-hydrogen) atoms. The Morgan fingerprint density at radius 3 is 2.66 bits per heavy atom. The van der Waals surface area contributed by atoms with Crippen LogP contribution in [0.4, 0.5) is 5.69 Å². The predicted octanol–water partition coefficient (Wildman–Crippen LogP) is 3.92. The summed E-state index contributed by atoms with van der Waals surface area (Å²) in [5.41, 5.74) is 4.38. The maximum Gasteiger partial charge on any atom is 0.246 e. The first kappa shape index (κ1) is 25.4. The van der Waals surface area contributed by atoms with Crippen LogP contribution in [-0.2, 0) is 17.9 Å². The molecule has 2 aromatic carbocycles. The summed E-state index contributed by atoms with van der Waals surface area (Å²) in [6.45, 7) is 5.88. The molecule has 3 N–H and O–H groups in total. The van der Waals surface area contributed by atoms with Gasteiger partial charge in [-0.15, -0.1) is 24.0 Å². The minimum atomic E-state index is -0.114. The molecule has 0 radical (unpaired) electrons. The second kappa shape index (κ2) is 12.8. The van der Waals surface area contributed by atoms with Crippen LogP contribution in [0.1, 0.15) is 29.5 Å². The largest absolute Gasteiger partial charge is 0.356 e. The van der Waals surface area contributed by atoms with Gasteiger partial charge in [-0.25, -0.2) is 0 Å². The molecule has 0 fully saturated rings. The molecule has 0 spiro atoms. The van der Waals surface area contributed by atoms with Crippen LogP contribution in [0.2, 0.25) is 0 Å². The molecule has 170 valence electrons. The molecule has 1 unspecified atom stereocenters. The van der Waals surface area contributed by atoms with Gasteiger partial charge in [-0.1, -0.05) is 48.9 Å². The maximum atomic E-state index is 12.2. The number of aliphatic imine (C=N–C) groups is 1. The molecule has 0 saturated carbocycles. The number of halogens is 1. The first-order valence-corrected chi connectivity index (χ1v) is 10.4. The van der Waals surface area contributed by atoms with Crippen LogP contribution in [-0.4, -0.2) is 35.2 Å². The highest BCUT2D eigenvalue weighted by atomic mass is 127. The Hall–Kier alpha value is -2.88. The van der Waals surface area contributed by atoms with Crippen molar-refractivity contribution in [2.75, 3.05) is 18.9 Å². The van der Waals surface area contributed by atoms with Gasteiger partial charge >= 0.3 is 0 Å². The molecule has 7 nitrogen and oxygen atoms in total. The summed E-state index contributed by atoms with van der Waals surface area (Å²) in [4.78, 5) is 16.5. The van der Waals surface area contributed by atoms with Gasteiger partial charge in [0.25, 0.3) is 0 Å². The van der Waals surface area contributed by atoms with Crippen molar-refractivity contribution in [3.05, 3.63) is 83.7 Å². The summed E-state index contributed by atoms with van der Waals surface area (Å²) in [7, 11) is 1.76. The van der Waals surface area contributed by atoms with Gasteiger partial charge < -0.3 is 16.0 Å². The van der Waals surface area contributed by atoms with E-state index < -0.39 is 0 Å². The first-order valence-electron chi connectivity index (χ1n) is 10.4. The fraction of sp³-hybridized carbons (Fsp3) is 0.292. The van der Waals surface area contributed by atoms with Gasteiger partial charge in [0.15, 0.2) is 5.96 Å². The number of nitrogens with one attached hydrogen (secondary N) is 3. The Kier molecular flexibility index (Phi) is 10.2. The lowest BCUT2D eigenvalue weighted by atomic mass is 9.99. The van der Waals surface area contributed by atoms with Crippen molar-refractivity contribution < 1.29 is 4.79 Å². The van der Waals surface area contributed by atoms with Gasteiger partial charge in [-0.2, -0.15) is 5.10 Å². The molecule has 0 aliphatic rings. The van der Waals surface area contributed by atoms with E-state index in [1.165, 1.54) is 11.1 Å². The highest BCUT2D eigenvalue weighted by molar-refractivity contribution is 14.0. The quantitative estimate of drug-likeness (QED) is 0.227. The number of hydrogen-bond acceptors (Lipinski definition) is 3. The van der Waals surface area contributed by atoms with Crippen LogP contribution in [0.15, 0.2) is 72.0 Å². The highest BCUT2D eigenvalue weighted by Crippen LogP contribution is 2.15. The SMILES string of the molecule is CN=C(NCc1cccc(NC(=O)Cn2cccn2)c1)NCC(C)c1cccc(C)c1.I. The number of hydrogen-bond donors (Lipinski definition) is 3. The number of carbonyl (C=O) groups is 1. The molecule has 3 rings (SSSR count). The number of aromatic nitrogens is 2. The third kappa shape index (κ3) is 7.99. The van der Waals surface area contributed by atoms with Gasteiger partial charge in [0.05, 0.1) is 0 Å². The number of benzene rings is 2. The van der Waals surface area contributed by atoms with E-state index in [9.17, 15) is 4.79 Å². The van der Waals surface area contributed by atoms with E-state index in [-0.39, 0.29) is 36.4 Å². The zero-order valence-electron chi connectivity index (χ0n) is 18.7. The summed E-state index contributed by atoms with van der Waals surface area (Å²) < 4.78 is 1.59. The summed E-state index contributed by atoms with van der Waals surface area (Å²) in [6, 6.07) is 18.1. The Morgan fingerprint density at radius 1 is 1.12 bits per heavy atom. The van der Waals surface area contributed by atoms with Crippen LogP contribution in [0.3, 0.4) is 0 Å². The van der Waals surface area contributed by atoms with E-state index in [0.717, 1.165) is 23.8 Å². The molecule has 0 saturated heterocycles. The van der Waals surface area contributed by atoms with Crippen LogP contribution < -0.4 is 16.0 Å². The van der Waals surface area contributed by atoms with E-state index in [0.29, 0.717) is 12.5 Å². The fourth-order valence-corrected chi connectivity index (χ4v) is 3.25. The standard InChI is InChI=1S/C24H30N6O.HI/c1-18-7-4-9-21(13-18)19(2)15-26-24(25-3)27-16-20-8-5-10-22(14-20)29-23(31)17-30-12-6-11-28-30;/h4-14,19H,15-17H2,1-3H3,(H,29,31)(H2,25,26,27);1H. The molecule has 0 aliphatic carbocycles. The molecular weight excluding hydrogens is 515 g/mol. The summed E-state index contributed by atoms with van der Waals surface area (Å²) >= 11 is 0. The molecule has 1 heterocycles. The molecular formula is C24H31IN6O. The van der Waals surface area contributed by atoms with Crippen molar-refractivity contribution in [2.24, 2.45) is 4.99 Å². The lowest BCUT2D eigenvalue weighted by Crippen LogP contribution is -2.38. The number of amides is 1. The van der Waals surface area contributed by atoms with Crippen molar-refractivity contribution in [3.63, 3.8) is 0 Å². The Bertz CT molecular complexity index is 1020. The van der Waals surface area contributed by atoms with Crippen molar-refractivity contribution in [1.29, 1.82) is 0 Å². The third-order valence-electron chi connectivity index (χ3n) is 4.95. The van der Waals surface area contributed by atoms with Crippen LogP contribution in [0.25, 0.3) is 0 Å². The lowest BCUT2D eigenvalue weighted by molar-refractivity contribution is -0.116. The van der Waals surface area contributed by atoms with E-state index in [1.807, 2.05) is 24.3 Å². The van der Waals surface area contributed by atoms with E-state index in [2.05, 4.69) is 64.2 Å². The van der Waals surface area contributed by atoms with Gasteiger partial charge in [0.2, 0.25) is 5.91 Å². The Labute approximate surface area is 206 Å². The number of aryl methyl sites for hydroxylation is 1. The molecule has 1 atom stereocenters. The van der Waals surface area contributed by atoms with Crippen molar-refractivity contribution in [3.8, 4) is 0 Å². The molecule has 0 aliphatic heterocycles. The molecule has 8 heteroatoms. The summed E-state index contributed by atoms with van der Waals surface area (Å²) in [6.07, 6.45) is 3.42. The average molecular weight is 546 g/mol. The van der Waals surface area contributed by atoms with Gasteiger partial charge in [-0.05, 0) is 42.2 Å². The third-order valence-corrected chi connectivity index (χ3v) is 4.95. The second-order valence-electron chi connectivity index (χ2n) is 7.57. The van der Waals surface area contributed by atoms with Crippen LogP contribution in [0, 0.1) is 6.92 Å². The Balaban J connectivity index is 0.00000363. The van der Waals surface area contributed by atoms with Crippen molar-refractivity contribution >= 4 is 41.5 Å². The molecule has 0 bridgehead atoms. The molecule has 1 aromatic heterocycles. The molecule has 3 aromatic rings. The number of anilines is 1. The van der Waals surface area contributed by atoms with Crippen LogP contribution >= 0.6 is 24.0 Å². The molecule has 1 amide bonds. The zero-order chi connectivity index (χ0) is 22.1. The van der Waals surface area contributed by atoms with Crippen LogP contribution in [0.5, 0.6) is 0 Å². The number of rotatable bonds is 8. The van der Waals surface area contributed by atoms with Crippen molar-refractivity contribution in [2.45, 2.75) is 32.9 Å². The normalized spacial score (nSPS) is 11.9. The van der Waals surface area contributed by atoms with Gasteiger partial charge in [-0.3, -0.25) is 14.5 Å². The number of nitrogens with zero attached hydrogens (tertiary/aromatic N) is 3. The minimum absolute atomic E-state index is 0. The lowest BCUT2D eigenvalue weighted by Gasteiger charge is -2.17. The Morgan fingerprint density at radius 2 is 1.94 bits per heavy atom. The van der Waals surface area contributed by atoms with Gasteiger partial charge in [0, 0.05) is 38.2 Å². The monoisotopic (exact) mass is 546 g/mol. The first-order chi connectivity index (χ1) is 15.0. The van der Waals surface area contributed by atoms with E-state index in [4.69, 9.17) is 0 Å². The maximum absolute atomic E-state index is 12.2. The topological polar surface area (TPSA) is 83.3 Å². The smallest absolute Gasteiger partial charge is 0.246 e. The summed E-state index contributed by atoms with van der Waals surface area (Å²) in [5.74, 6) is 0.996. The number of guanidine groups is 1. The van der Waals surface area contributed by atoms with E-state index in [1.54, 1.807) is 30.2 Å².